The van der Waals surface area contributed by atoms with Crippen molar-refractivity contribution in [2.24, 2.45) is 0 Å². The fourth-order valence-electron chi connectivity index (χ4n) is 4.10. The second-order valence-corrected chi connectivity index (χ2v) is 9.22. The minimum atomic E-state index is -1.13. The highest BCUT2D eigenvalue weighted by molar-refractivity contribution is 7.13. The van der Waals surface area contributed by atoms with Gasteiger partial charge in [-0.15, -0.1) is 11.3 Å². The lowest BCUT2D eigenvalue weighted by Crippen LogP contribution is -2.18. The Morgan fingerprint density at radius 1 is 1.03 bits per heavy atom. The number of benzene rings is 2. The van der Waals surface area contributed by atoms with Gasteiger partial charge in [0.25, 0.3) is 5.91 Å². The van der Waals surface area contributed by atoms with Gasteiger partial charge in [0.15, 0.2) is 5.13 Å². The monoisotopic (exact) mass is 491 g/mol. The van der Waals surface area contributed by atoms with Crippen LogP contribution in [0, 0.1) is 0 Å². The van der Waals surface area contributed by atoms with Crippen molar-refractivity contribution in [3.05, 3.63) is 76.3 Å². The van der Waals surface area contributed by atoms with E-state index in [0.717, 1.165) is 60.2 Å². The molecule has 2 aromatic carbocycles. The molecule has 2 amide bonds. The topological polar surface area (TPSA) is 101 Å². The van der Waals surface area contributed by atoms with E-state index in [9.17, 15) is 9.59 Å². The molecule has 1 heterocycles. The van der Waals surface area contributed by atoms with Crippen LogP contribution < -0.4 is 15.4 Å². The number of rotatable bonds is 9. The van der Waals surface area contributed by atoms with Gasteiger partial charge in [-0.1, -0.05) is 31.2 Å². The number of ether oxygens (including phenoxy) is 1. The molecule has 0 spiro atoms. The number of carboxylic acid groups (broad SMARTS) is 1. The Bertz CT molecular complexity index is 1200. The van der Waals surface area contributed by atoms with Crippen molar-refractivity contribution in [3.63, 3.8) is 0 Å². The van der Waals surface area contributed by atoms with Crippen LogP contribution in [0.2, 0.25) is 0 Å². The maximum atomic E-state index is 13.1. The summed E-state index contributed by atoms with van der Waals surface area (Å²) in [5, 5.41) is 16.2. The number of nitrogens with zero attached hydrogens (tertiary/aromatic N) is 1. The van der Waals surface area contributed by atoms with E-state index in [2.05, 4.69) is 46.8 Å². The van der Waals surface area contributed by atoms with Gasteiger partial charge in [-0.3, -0.25) is 10.1 Å². The molecule has 182 valence electrons. The SMILES string of the molecule is CCc1ccc(C2=C(C(=O)Nc3ccc(OCCc4csc(NC(=O)O)n4)cc3)CCCC2)cc1. The minimum Gasteiger partial charge on any atom is -0.493 e. The zero-order valence-electron chi connectivity index (χ0n) is 19.7. The molecule has 0 unspecified atom stereocenters. The van der Waals surface area contributed by atoms with Crippen molar-refractivity contribution in [1.82, 2.24) is 4.98 Å². The van der Waals surface area contributed by atoms with Crippen LogP contribution in [-0.2, 0) is 17.6 Å². The van der Waals surface area contributed by atoms with E-state index >= 15 is 0 Å². The molecule has 1 aliphatic rings. The molecular weight excluding hydrogens is 462 g/mol. The fraction of sp³-hybridized carbons (Fsp3) is 0.296. The molecule has 7 nitrogen and oxygen atoms in total. The van der Waals surface area contributed by atoms with Crippen molar-refractivity contribution >= 4 is 39.7 Å². The summed E-state index contributed by atoms with van der Waals surface area (Å²) < 4.78 is 5.78. The number of thiazole rings is 1. The van der Waals surface area contributed by atoms with Crippen LogP contribution in [-0.4, -0.2) is 28.7 Å². The second kappa shape index (κ2) is 11.7. The molecule has 0 saturated carbocycles. The summed E-state index contributed by atoms with van der Waals surface area (Å²) >= 11 is 1.24. The average Bonchev–Trinajstić information content (AvgIpc) is 3.31. The predicted molar refractivity (Wildman–Crippen MR) is 139 cm³/mol. The van der Waals surface area contributed by atoms with E-state index in [1.165, 1.54) is 16.9 Å². The number of hydrogen-bond donors (Lipinski definition) is 3. The molecule has 0 fully saturated rings. The van der Waals surface area contributed by atoms with Crippen molar-refractivity contribution in [1.29, 1.82) is 0 Å². The molecule has 0 saturated heterocycles. The van der Waals surface area contributed by atoms with Gasteiger partial charge in [-0.2, -0.15) is 0 Å². The van der Waals surface area contributed by atoms with E-state index in [-0.39, 0.29) is 5.91 Å². The summed E-state index contributed by atoms with van der Waals surface area (Å²) in [6.45, 7) is 2.55. The molecule has 3 aromatic rings. The smallest absolute Gasteiger partial charge is 0.410 e. The lowest BCUT2D eigenvalue weighted by molar-refractivity contribution is -0.113. The van der Waals surface area contributed by atoms with Gasteiger partial charge >= 0.3 is 6.09 Å². The highest BCUT2D eigenvalue weighted by atomic mass is 32.1. The molecule has 8 heteroatoms. The van der Waals surface area contributed by atoms with Crippen molar-refractivity contribution in [2.75, 3.05) is 17.2 Å². The molecule has 0 bridgehead atoms. The Labute approximate surface area is 208 Å². The number of hydrogen-bond acceptors (Lipinski definition) is 5. The van der Waals surface area contributed by atoms with Gasteiger partial charge in [0.05, 0.1) is 12.3 Å². The highest BCUT2D eigenvalue weighted by Crippen LogP contribution is 2.33. The molecule has 4 rings (SSSR count). The minimum absolute atomic E-state index is 0.0396. The van der Waals surface area contributed by atoms with E-state index < -0.39 is 6.09 Å². The van der Waals surface area contributed by atoms with Gasteiger partial charge in [0, 0.05) is 23.1 Å². The summed E-state index contributed by atoms with van der Waals surface area (Å²) in [5.74, 6) is 0.651. The molecule has 0 radical (unpaired) electrons. The summed E-state index contributed by atoms with van der Waals surface area (Å²) in [6.07, 6.45) is 4.28. The number of aryl methyl sites for hydroxylation is 1. The average molecular weight is 492 g/mol. The first-order valence-corrected chi connectivity index (χ1v) is 12.7. The third-order valence-electron chi connectivity index (χ3n) is 5.96. The quantitative estimate of drug-likeness (QED) is 0.322. The standard InChI is InChI=1S/C27H29N3O4S/c1-2-18-7-9-19(10-8-18)23-5-3-4-6-24(23)25(31)28-20-11-13-22(14-12-20)34-16-15-21-17-35-26(29-21)30-27(32)33/h7-14,17H,2-6,15-16H2,1H3,(H,28,31)(H,29,30)(H,32,33). The normalized spacial score (nSPS) is 13.4. The first-order chi connectivity index (χ1) is 17.0. The summed E-state index contributed by atoms with van der Waals surface area (Å²) in [6, 6.07) is 15.9. The Hall–Kier alpha value is -3.65. The van der Waals surface area contributed by atoms with E-state index in [1.54, 1.807) is 5.38 Å². The van der Waals surface area contributed by atoms with Crippen LogP contribution in [0.3, 0.4) is 0 Å². The van der Waals surface area contributed by atoms with Crippen LogP contribution in [0.5, 0.6) is 5.75 Å². The van der Waals surface area contributed by atoms with Gasteiger partial charge in [0.1, 0.15) is 5.75 Å². The number of allylic oxidation sites excluding steroid dienone is 1. The van der Waals surface area contributed by atoms with Crippen LogP contribution in [0.15, 0.2) is 59.5 Å². The molecule has 35 heavy (non-hydrogen) atoms. The Kier molecular flexibility index (Phi) is 8.15. The molecule has 1 aliphatic carbocycles. The number of carbonyl (C=O) groups is 2. The van der Waals surface area contributed by atoms with E-state index in [4.69, 9.17) is 9.84 Å². The number of anilines is 2. The molecule has 1 aromatic heterocycles. The Balaban J connectivity index is 1.34. The fourth-order valence-corrected chi connectivity index (χ4v) is 4.84. The van der Waals surface area contributed by atoms with Gasteiger partial charge < -0.3 is 15.2 Å². The Morgan fingerprint density at radius 3 is 2.49 bits per heavy atom. The van der Waals surface area contributed by atoms with Crippen molar-refractivity contribution in [2.45, 2.75) is 45.4 Å². The summed E-state index contributed by atoms with van der Waals surface area (Å²) in [7, 11) is 0. The van der Waals surface area contributed by atoms with Crippen LogP contribution in [0.25, 0.3) is 5.57 Å². The highest BCUT2D eigenvalue weighted by Gasteiger charge is 2.20. The lowest BCUT2D eigenvalue weighted by atomic mass is 9.86. The zero-order valence-corrected chi connectivity index (χ0v) is 20.5. The van der Waals surface area contributed by atoms with Crippen LogP contribution >= 0.6 is 11.3 Å². The number of carbonyl (C=O) groups excluding carboxylic acids is 1. The zero-order chi connectivity index (χ0) is 24.6. The van der Waals surface area contributed by atoms with E-state index in [0.29, 0.717) is 23.9 Å². The van der Waals surface area contributed by atoms with Crippen molar-refractivity contribution < 1.29 is 19.4 Å². The maximum Gasteiger partial charge on any atom is 0.410 e. The van der Waals surface area contributed by atoms with Crippen LogP contribution in [0.4, 0.5) is 15.6 Å². The third kappa shape index (κ3) is 6.70. The summed E-state index contributed by atoms with van der Waals surface area (Å²) in [5.41, 5.74) is 5.96. The van der Waals surface area contributed by atoms with Gasteiger partial charge in [-0.25, -0.2) is 9.78 Å². The van der Waals surface area contributed by atoms with Gasteiger partial charge in [-0.05, 0) is 73.1 Å². The number of amides is 2. The maximum absolute atomic E-state index is 13.1. The Morgan fingerprint density at radius 2 is 1.77 bits per heavy atom. The molecule has 0 aliphatic heterocycles. The second-order valence-electron chi connectivity index (χ2n) is 8.37. The molecule has 3 N–H and O–H groups in total. The molecule has 0 atom stereocenters. The van der Waals surface area contributed by atoms with Crippen molar-refractivity contribution in [3.8, 4) is 5.75 Å². The van der Waals surface area contributed by atoms with Crippen LogP contribution in [0.1, 0.15) is 49.4 Å². The number of nitrogens with one attached hydrogen (secondary N) is 2. The largest absolute Gasteiger partial charge is 0.493 e. The van der Waals surface area contributed by atoms with E-state index in [1.807, 2.05) is 24.3 Å². The predicted octanol–water partition coefficient (Wildman–Crippen LogP) is 6.38. The number of aromatic nitrogens is 1. The first-order valence-electron chi connectivity index (χ1n) is 11.8. The molecular formula is C27H29N3O4S. The summed E-state index contributed by atoms with van der Waals surface area (Å²) in [4.78, 5) is 28.0. The van der Waals surface area contributed by atoms with Gasteiger partial charge in [0.2, 0.25) is 0 Å². The third-order valence-corrected chi connectivity index (χ3v) is 6.76. The lowest BCUT2D eigenvalue weighted by Gasteiger charge is -2.20. The first kappa shape index (κ1) is 24.5.